The molecule has 0 saturated carbocycles. The molecule has 2 aromatic rings. The zero-order valence-electron chi connectivity index (χ0n) is 9.68. The van der Waals surface area contributed by atoms with E-state index in [9.17, 15) is 13.6 Å². The maximum absolute atomic E-state index is 13.6. The van der Waals surface area contributed by atoms with Crippen molar-refractivity contribution in [3.05, 3.63) is 60.9 Å². The van der Waals surface area contributed by atoms with Gasteiger partial charge in [0.2, 0.25) is 0 Å². The van der Waals surface area contributed by atoms with E-state index in [0.29, 0.717) is 14.5 Å². The summed E-state index contributed by atoms with van der Waals surface area (Å²) in [6, 6.07) is 6.79. The SMILES string of the molecule is O=C(Nc1cc(F)c(Br)cc1F)c1cc(Br)cc(Br)c1. The van der Waals surface area contributed by atoms with Crippen LogP contribution >= 0.6 is 47.8 Å². The Hall–Kier alpha value is -0.790. The molecular weight excluding hydrogens is 464 g/mol. The van der Waals surface area contributed by atoms with Crippen molar-refractivity contribution in [3.8, 4) is 0 Å². The van der Waals surface area contributed by atoms with E-state index < -0.39 is 17.5 Å². The Labute approximate surface area is 138 Å². The van der Waals surface area contributed by atoms with Crippen LogP contribution in [0.1, 0.15) is 10.4 Å². The van der Waals surface area contributed by atoms with E-state index in [-0.39, 0.29) is 10.2 Å². The van der Waals surface area contributed by atoms with Gasteiger partial charge in [-0.3, -0.25) is 4.79 Å². The third-order valence-electron chi connectivity index (χ3n) is 2.38. The van der Waals surface area contributed by atoms with Crippen molar-refractivity contribution < 1.29 is 13.6 Å². The summed E-state index contributed by atoms with van der Waals surface area (Å²) in [5, 5.41) is 2.33. The highest BCUT2D eigenvalue weighted by molar-refractivity contribution is 9.11. The first-order valence-corrected chi connectivity index (χ1v) is 7.66. The molecular formula is C13H6Br3F2NO. The van der Waals surface area contributed by atoms with Crippen molar-refractivity contribution in [2.24, 2.45) is 0 Å². The molecule has 2 aromatic carbocycles. The number of hydrogen-bond acceptors (Lipinski definition) is 1. The maximum atomic E-state index is 13.6. The summed E-state index contributed by atoms with van der Waals surface area (Å²) in [6.07, 6.45) is 0. The molecule has 0 aliphatic heterocycles. The van der Waals surface area contributed by atoms with Gasteiger partial charge in [-0.1, -0.05) is 31.9 Å². The van der Waals surface area contributed by atoms with Crippen LogP contribution in [0.4, 0.5) is 14.5 Å². The fourth-order valence-corrected chi connectivity index (χ4v) is 3.11. The summed E-state index contributed by atoms with van der Waals surface area (Å²) < 4.78 is 28.4. The summed E-state index contributed by atoms with van der Waals surface area (Å²) in [4.78, 5) is 12.0. The van der Waals surface area contributed by atoms with Crippen LogP contribution in [0, 0.1) is 11.6 Å². The van der Waals surface area contributed by atoms with E-state index in [4.69, 9.17) is 0 Å². The molecule has 104 valence electrons. The third kappa shape index (κ3) is 3.65. The molecule has 0 aromatic heterocycles. The Balaban J connectivity index is 2.30. The minimum atomic E-state index is -0.722. The molecule has 0 radical (unpaired) electrons. The van der Waals surface area contributed by atoms with Crippen LogP contribution in [0.15, 0.2) is 43.7 Å². The number of rotatable bonds is 2. The van der Waals surface area contributed by atoms with Crippen LogP contribution in [0.3, 0.4) is 0 Å². The van der Waals surface area contributed by atoms with Gasteiger partial charge in [0, 0.05) is 20.6 Å². The molecule has 0 spiro atoms. The van der Waals surface area contributed by atoms with Gasteiger partial charge in [0.05, 0.1) is 10.2 Å². The van der Waals surface area contributed by atoms with Crippen molar-refractivity contribution >= 4 is 59.4 Å². The standard InChI is InChI=1S/C13H6Br3F2NO/c14-7-1-6(2-8(15)3-7)13(20)19-12-5-10(17)9(16)4-11(12)18/h1-5H,(H,19,20). The van der Waals surface area contributed by atoms with Crippen molar-refractivity contribution in [3.63, 3.8) is 0 Å². The van der Waals surface area contributed by atoms with Crippen molar-refractivity contribution in [1.82, 2.24) is 0 Å². The van der Waals surface area contributed by atoms with Gasteiger partial charge in [-0.05, 0) is 40.2 Å². The summed E-state index contributed by atoms with van der Waals surface area (Å²) in [5.41, 5.74) is 0.0979. The van der Waals surface area contributed by atoms with Gasteiger partial charge in [0.25, 0.3) is 5.91 Å². The summed E-state index contributed by atoms with van der Waals surface area (Å²) in [6.45, 7) is 0. The average Bonchev–Trinajstić information content (AvgIpc) is 2.34. The topological polar surface area (TPSA) is 29.1 Å². The van der Waals surface area contributed by atoms with Gasteiger partial charge in [-0.2, -0.15) is 0 Å². The summed E-state index contributed by atoms with van der Waals surface area (Å²) in [7, 11) is 0. The molecule has 20 heavy (non-hydrogen) atoms. The maximum Gasteiger partial charge on any atom is 0.255 e. The summed E-state index contributed by atoms with van der Waals surface area (Å²) >= 11 is 9.37. The number of hydrogen-bond donors (Lipinski definition) is 1. The minimum absolute atomic E-state index is 0.00167. The second-order valence-electron chi connectivity index (χ2n) is 3.86. The number of nitrogens with one attached hydrogen (secondary N) is 1. The Bertz CT molecular complexity index is 671. The highest BCUT2D eigenvalue weighted by Crippen LogP contribution is 2.25. The van der Waals surface area contributed by atoms with Crippen molar-refractivity contribution in [2.75, 3.05) is 5.32 Å². The molecule has 0 fully saturated rings. The molecule has 7 heteroatoms. The first-order valence-electron chi connectivity index (χ1n) is 5.29. The lowest BCUT2D eigenvalue weighted by atomic mass is 10.2. The minimum Gasteiger partial charge on any atom is -0.319 e. The molecule has 0 unspecified atom stereocenters. The fraction of sp³-hybridized carbons (Fsp3) is 0. The molecule has 2 rings (SSSR count). The van der Waals surface area contributed by atoms with Gasteiger partial charge in [0.15, 0.2) is 0 Å². The van der Waals surface area contributed by atoms with Crippen molar-refractivity contribution in [2.45, 2.75) is 0 Å². The fourth-order valence-electron chi connectivity index (χ4n) is 1.50. The number of anilines is 1. The number of carbonyl (C=O) groups is 1. The Morgan fingerprint density at radius 2 is 1.50 bits per heavy atom. The highest BCUT2D eigenvalue weighted by atomic mass is 79.9. The molecule has 0 aliphatic rings. The molecule has 0 aliphatic carbocycles. The Morgan fingerprint density at radius 3 is 2.10 bits per heavy atom. The third-order valence-corrected chi connectivity index (χ3v) is 3.91. The second kappa shape index (κ2) is 6.32. The monoisotopic (exact) mass is 467 g/mol. The molecule has 0 bridgehead atoms. The van der Waals surface area contributed by atoms with Crippen LogP contribution in [0.2, 0.25) is 0 Å². The van der Waals surface area contributed by atoms with Crippen LogP contribution in [0.5, 0.6) is 0 Å². The Morgan fingerprint density at radius 1 is 0.900 bits per heavy atom. The zero-order chi connectivity index (χ0) is 14.9. The molecule has 0 saturated heterocycles. The van der Waals surface area contributed by atoms with Gasteiger partial charge in [-0.25, -0.2) is 8.78 Å². The van der Waals surface area contributed by atoms with E-state index in [1.807, 2.05) is 0 Å². The van der Waals surface area contributed by atoms with E-state index in [1.54, 1.807) is 18.2 Å². The van der Waals surface area contributed by atoms with Crippen LogP contribution in [-0.4, -0.2) is 5.91 Å². The lowest BCUT2D eigenvalue weighted by molar-refractivity contribution is 0.102. The van der Waals surface area contributed by atoms with E-state index in [1.165, 1.54) is 0 Å². The smallest absolute Gasteiger partial charge is 0.255 e. The van der Waals surface area contributed by atoms with E-state index in [2.05, 4.69) is 53.1 Å². The second-order valence-corrected chi connectivity index (χ2v) is 6.54. The molecule has 1 amide bonds. The molecule has 1 N–H and O–H groups in total. The number of benzene rings is 2. The largest absolute Gasteiger partial charge is 0.319 e. The van der Waals surface area contributed by atoms with Gasteiger partial charge >= 0.3 is 0 Å². The van der Waals surface area contributed by atoms with Gasteiger partial charge in [-0.15, -0.1) is 0 Å². The Kier molecular flexibility index (Phi) is 4.93. The molecule has 2 nitrogen and oxygen atoms in total. The highest BCUT2D eigenvalue weighted by Gasteiger charge is 2.13. The number of amides is 1. The van der Waals surface area contributed by atoms with Crippen molar-refractivity contribution in [1.29, 1.82) is 0 Å². The first-order chi connectivity index (χ1) is 9.36. The van der Waals surface area contributed by atoms with Crippen LogP contribution < -0.4 is 5.32 Å². The number of halogens is 5. The van der Waals surface area contributed by atoms with Gasteiger partial charge < -0.3 is 5.32 Å². The number of carbonyl (C=O) groups excluding carboxylic acids is 1. The van der Waals surface area contributed by atoms with E-state index >= 15 is 0 Å². The lowest BCUT2D eigenvalue weighted by Crippen LogP contribution is -2.13. The van der Waals surface area contributed by atoms with Crippen LogP contribution in [-0.2, 0) is 0 Å². The van der Waals surface area contributed by atoms with E-state index in [0.717, 1.165) is 12.1 Å². The quantitative estimate of drug-likeness (QED) is 0.578. The van der Waals surface area contributed by atoms with Crippen LogP contribution in [0.25, 0.3) is 0 Å². The average molecular weight is 470 g/mol. The molecule has 0 heterocycles. The summed E-state index contributed by atoms with van der Waals surface area (Å²) in [5.74, 6) is -1.91. The predicted octanol–water partition coefficient (Wildman–Crippen LogP) is 5.50. The first kappa shape index (κ1) is 15.6. The lowest BCUT2D eigenvalue weighted by Gasteiger charge is -2.08. The molecule has 0 atom stereocenters. The normalized spacial score (nSPS) is 10.4. The predicted molar refractivity (Wildman–Crippen MR) is 83.9 cm³/mol. The zero-order valence-corrected chi connectivity index (χ0v) is 14.4. The van der Waals surface area contributed by atoms with Gasteiger partial charge in [0.1, 0.15) is 11.6 Å².